The van der Waals surface area contributed by atoms with Crippen molar-refractivity contribution in [2.24, 2.45) is 0 Å². The van der Waals surface area contributed by atoms with Crippen LogP contribution in [0.1, 0.15) is 35.5 Å². The first kappa shape index (κ1) is 12.7. The van der Waals surface area contributed by atoms with Gasteiger partial charge in [-0.1, -0.05) is 6.92 Å². The topological polar surface area (TPSA) is 44.1 Å². The van der Waals surface area contributed by atoms with Gasteiger partial charge in [0.05, 0.1) is 17.4 Å². The van der Waals surface area contributed by atoms with E-state index in [-0.39, 0.29) is 11.9 Å². The number of thiophene rings is 1. The molecule has 4 heteroatoms. The zero-order valence-corrected chi connectivity index (χ0v) is 10.7. The summed E-state index contributed by atoms with van der Waals surface area (Å²) in [5, 5.41) is 10.6. The summed E-state index contributed by atoms with van der Waals surface area (Å²) >= 11 is 1.47. The van der Waals surface area contributed by atoms with Crippen LogP contribution in [0.15, 0.2) is 11.4 Å². The van der Waals surface area contributed by atoms with E-state index in [9.17, 15) is 4.79 Å². The zero-order chi connectivity index (χ0) is 12.1. The highest BCUT2D eigenvalue weighted by Gasteiger charge is 2.20. The molecule has 0 saturated heterocycles. The average molecular weight is 236 g/mol. The Morgan fingerprint density at radius 3 is 2.94 bits per heavy atom. The first-order valence-electron chi connectivity index (χ1n) is 5.32. The summed E-state index contributed by atoms with van der Waals surface area (Å²) in [6.07, 6.45) is 1.24. The number of carbonyl (C=O) groups is 1. The van der Waals surface area contributed by atoms with Crippen molar-refractivity contribution in [2.75, 3.05) is 7.05 Å². The van der Waals surface area contributed by atoms with Gasteiger partial charge in [-0.15, -0.1) is 11.3 Å². The highest BCUT2D eigenvalue weighted by Crippen LogP contribution is 2.20. The number of carbonyl (C=O) groups excluding carboxylic acids is 1. The maximum atomic E-state index is 12.1. The molecule has 0 fully saturated rings. The molecule has 86 valence electrons. The summed E-state index contributed by atoms with van der Waals surface area (Å²) in [7, 11) is 1.75. The molecule has 1 unspecified atom stereocenters. The molecule has 1 heterocycles. The van der Waals surface area contributed by atoms with E-state index < -0.39 is 0 Å². The Morgan fingerprint density at radius 1 is 1.69 bits per heavy atom. The predicted molar refractivity (Wildman–Crippen MR) is 65.5 cm³/mol. The third-order valence-electron chi connectivity index (χ3n) is 2.69. The van der Waals surface area contributed by atoms with Crippen LogP contribution in [0.2, 0.25) is 0 Å². The Hall–Kier alpha value is -1.34. The molecule has 0 aliphatic rings. The Kier molecular flexibility index (Phi) is 4.51. The van der Waals surface area contributed by atoms with E-state index in [4.69, 9.17) is 5.26 Å². The fraction of sp³-hybridized carbons (Fsp3) is 0.500. The first-order valence-corrected chi connectivity index (χ1v) is 6.20. The van der Waals surface area contributed by atoms with Gasteiger partial charge in [-0.25, -0.2) is 0 Å². The number of amides is 1. The monoisotopic (exact) mass is 236 g/mol. The van der Waals surface area contributed by atoms with Crippen LogP contribution in [0.5, 0.6) is 0 Å². The van der Waals surface area contributed by atoms with Gasteiger partial charge in [-0.3, -0.25) is 4.79 Å². The van der Waals surface area contributed by atoms with Crippen LogP contribution in [-0.2, 0) is 6.42 Å². The second-order valence-corrected chi connectivity index (χ2v) is 4.67. The maximum Gasteiger partial charge on any atom is 0.264 e. The normalized spacial score (nSPS) is 11.9. The van der Waals surface area contributed by atoms with Crippen molar-refractivity contribution in [3.8, 4) is 6.07 Å². The molecule has 3 nitrogen and oxygen atoms in total. The van der Waals surface area contributed by atoms with Gasteiger partial charge < -0.3 is 4.90 Å². The fourth-order valence-corrected chi connectivity index (χ4v) is 2.41. The van der Waals surface area contributed by atoms with Gasteiger partial charge in [-0.2, -0.15) is 5.26 Å². The summed E-state index contributed by atoms with van der Waals surface area (Å²) < 4.78 is 0. The van der Waals surface area contributed by atoms with E-state index >= 15 is 0 Å². The van der Waals surface area contributed by atoms with Crippen LogP contribution < -0.4 is 0 Å². The molecule has 1 rings (SSSR count). The minimum absolute atomic E-state index is 0.0228. The Bertz CT molecular complexity index is 405. The lowest BCUT2D eigenvalue weighted by molar-refractivity contribution is 0.0750. The molecule has 1 amide bonds. The van der Waals surface area contributed by atoms with Crippen LogP contribution in [0.3, 0.4) is 0 Å². The molecule has 1 aromatic rings. The molecule has 1 atom stereocenters. The van der Waals surface area contributed by atoms with Crippen molar-refractivity contribution in [3.63, 3.8) is 0 Å². The van der Waals surface area contributed by atoms with Crippen molar-refractivity contribution < 1.29 is 4.79 Å². The number of rotatable bonds is 4. The van der Waals surface area contributed by atoms with Gasteiger partial charge in [0, 0.05) is 13.1 Å². The minimum atomic E-state index is -0.0377. The highest BCUT2D eigenvalue weighted by atomic mass is 32.1. The second kappa shape index (κ2) is 5.66. The van der Waals surface area contributed by atoms with E-state index in [1.54, 1.807) is 11.9 Å². The van der Waals surface area contributed by atoms with Crippen LogP contribution in [0.25, 0.3) is 0 Å². The summed E-state index contributed by atoms with van der Waals surface area (Å²) in [5.74, 6) is 0.0228. The lowest BCUT2D eigenvalue weighted by Crippen LogP contribution is -2.34. The fourth-order valence-electron chi connectivity index (χ4n) is 1.43. The van der Waals surface area contributed by atoms with Crippen molar-refractivity contribution >= 4 is 17.2 Å². The van der Waals surface area contributed by atoms with Gasteiger partial charge in [0.15, 0.2) is 0 Å². The third kappa shape index (κ3) is 2.61. The molecule has 0 aliphatic carbocycles. The zero-order valence-electron chi connectivity index (χ0n) is 9.86. The first-order chi connectivity index (χ1) is 7.61. The van der Waals surface area contributed by atoms with Crippen LogP contribution in [0, 0.1) is 11.3 Å². The second-order valence-electron chi connectivity index (χ2n) is 3.76. The van der Waals surface area contributed by atoms with E-state index in [2.05, 4.69) is 6.07 Å². The molecule has 16 heavy (non-hydrogen) atoms. The van der Waals surface area contributed by atoms with Crippen molar-refractivity contribution in [3.05, 3.63) is 21.9 Å². The lowest BCUT2D eigenvalue weighted by Gasteiger charge is -2.22. The molecule has 0 bridgehead atoms. The molecule has 0 radical (unpaired) electrons. The summed E-state index contributed by atoms with van der Waals surface area (Å²) in [6, 6.07) is 4.04. The number of nitriles is 1. The average Bonchev–Trinajstić information content (AvgIpc) is 2.75. The SMILES string of the molecule is CCc1ccsc1C(=O)N(C)C(C)CC#N. The molecular formula is C12H16N2OS. The number of hydrogen-bond donors (Lipinski definition) is 0. The van der Waals surface area contributed by atoms with Crippen molar-refractivity contribution in [2.45, 2.75) is 32.7 Å². The van der Waals surface area contributed by atoms with Gasteiger partial charge in [-0.05, 0) is 30.4 Å². The van der Waals surface area contributed by atoms with Gasteiger partial charge in [0.25, 0.3) is 5.91 Å². The molecule has 0 aromatic carbocycles. The summed E-state index contributed by atoms with van der Waals surface area (Å²) in [6.45, 7) is 3.93. The van der Waals surface area contributed by atoms with E-state index in [1.807, 2.05) is 25.3 Å². The van der Waals surface area contributed by atoms with Gasteiger partial charge >= 0.3 is 0 Å². The van der Waals surface area contributed by atoms with Crippen molar-refractivity contribution in [1.29, 1.82) is 5.26 Å². The van der Waals surface area contributed by atoms with Gasteiger partial charge in [0.1, 0.15) is 0 Å². The predicted octanol–water partition coefficient (Wildman–Crippen LogP) is 2.68. The van der Waals surface area contributed by atoms with Crippen LogP contribution >= 0.6 is 11.3 Å². The number of nitrogens with zero attached hydrogens (tertiary/aromatic N) is 2. The summed E-state index contributed by atoms with van der Waals surface area (Å²) in [5.41, 5.74) is 1.09. The molecule has 0 aliphatic heterocycles. The molecule has 0 saturated carbocycles. The highest BCUT2D eigenvalue weighted by molar-refractivity contribution is 7.12. The Morgan fingerprint density at radius 2 is 2.38 bits per heavy atom. The summed E-state index contributed by atoms with van der Waals surface area (Å²) in [4.78, 5) is 14.6. The number of hydrogen-bond acceptors (Lipinski definition) is 3. The van der Waals surface area contributed by atoms with E-state index in [1.165, 1.54) is 11.3 Å². The largest absolute Gasteiger partial charge is 0.337 e. The third-order valence-corrected chi connectivity index (χ3v) is 3.63. The quantitative estimate of drug-likeness (QED) is 0.806. The molecule has 1 aromatic heterocycles. The standard InChI is InChI=1S/C12H16N2OS/c1-4-10-6-8-16-11(10)12(15)14(3)9(2)5-7-13/h6,8-9H,4-5H2,1-3H3. The molecule has 0 spiro atoms. The van der Waals surface area contributed by atoms with Crippen molar-refractivity contribution in [1.82, 2.24) is 4.90 Å². The number of aryl methyl sites for hydroxylation is 1. The van der Waals surface area contributed by atoms with Crippen LogP contribution in [-0.4, -0.2) is 23.9 Å². The Balaban J connectivity index is 2.82. The van der Waals surface area contributed by atoms with Gasteiger partial charge in [0.2, 0.25) is 0 Å². The lowest BCUT2D eigenvalue weighted by atomic mass is 10.1. The Labute approximate surface area is 100 Å². The van der Waals surface area contributed by atoms with Crippen LogP contribution in [0.4, 0.5) is 0 Å². The smallest absolute Gasteiger partial charge is 0.264 e. The minimum Gasteiger partial charge on any atom is -0.337 e. The maximum absolute atomic E-state index is 12.1. The van der Waals surface area contributed by atoms with E-state index in [0.717, 1.165) is 16.9 Å². The molecule has 0 N–H and O–H groups in total. The molecular weight excluding hydrogens is 220 g/mol. The van der Waals surface area contributed by atoms with E-state index in [0.29, 0.717) is 6.42 Å².